The van der Waals surface area contributed by atoms with Crippen molar-refractivity contribution in [2.45, 2.75) is 6.61 Å². The fourth-order valence-corrected chi connectivity index (χ4v) is 5.22. The molecular weight excluding hydrogens is 686 g/mol. The lowest BCUT2D eigenvalue weighted by Gasteiger charge is -2.26. The summed E-state index contributed by atoms with van der Waals surface area (Å²) >= 11 is 9.00. The molecule has 1 N–H and O–H groups in total. The normalized spacial score (nSPS) is 15.0. The molecule has 0 radical (unpaired) electrons. The van der Waals surface area contributed by atoms with Crippen molar-refractivity contribution in [2.24, 2.45) is 0 Å². The van der Waals surface area contributed by atoms with E-state index >= 15 is 0 Å². The number of imide groups is 2. The van der Waals surface area contributed by atoms with Crippen LogP contribution in [0.3, 0.4) is 0 Å². The number of nitrogens with one attached hydrogen (secondary N) is 1. The maximum atomic E-state index is 13.3. The molecule has 0 unspecified atom stereocenters. The van der Waals surface area contributed by atoms with Crippen molar-refractivity contribution in [2.75, 3.05) is 4.90 Å². The molecule has 0 atom stereocenters. The molecule has 3 aromatic carbocycles. The molecule has 0 saturated carbocycles. The molecule has 0 bridgehead atoms. The second kappa shape index (κ2) is 10.4. The number of rotatable bonds is 5. The van der Waals surface area contributed by atoms with Gasteiger partial charge >= 0.3 is 6.03 Å². The average molecular weight is 700 g/mol. The van der Waals surface area contributed by atoms with Crippen LogP contribution >= 0.6 is 54.5 Å². The van der Waals surface area contributed by atoms with E-state index in [4.69, 9.17) is 4.74 Å². The summed E-state index contributed by atoms with van der Waals surface area (Å²) in [5.74, 6) is -1.51. The van der Waals surface area contributed by atoms with E-state index in [9.17, 15) is 18.8 Å². The summed E-state index contributed by atoms with van der Waals surface area (Å²) in [5.41, 5.74) is 1.47. The smallest absolute Gasteiger partial charge is 0.335 e. The first-order valence-electron chi connectivity index (χ1n) is 9.76. The van der Waals surface area contributed by atoms with Gasteiger partial charge < -0.3 is 4.74 Å². The maximum absolute atomic E-state index is 13.3. The van der Waals surface area contributed by atoms with Crippen LogP contribution in [0.5, 0.6) is 5.75 Å². The number of carbonyl (C=O) groups is 3. The van der Waals surface area contributed by atoms with Gasteiger partial charge in [0.25, 0.3) is 11.8 Å². The Morgan fingerprint density at radius 3 is 2.32 bits per heavy atom. The number of barbiturate groups is 1. The van der Waals surface area contributed by atoms with E-state index in [0.29, 0.717) is 22.4 Å². The second-order valence-electron chi connectivity index (χ2n) is 7.16. The Balaban J connectivity index is 1.60. The molecule has 0 spiro atoms. The summed E-state index contributed by atoms with van der Waals surface area (Å²) in [4.78, 5) is 38.5. The number of ether oxygens (including phenoxy) is 1. The minimum atomic E-state index is -0.897. The Bertz CT molecular complexity index is 1300. The molecule has 0 aliphatic carbocycles. The molecule has 1 saturated heterocycles. The van der Waals surface area contributed by atoms with E-state index in [1.807, 2.05) is 24.3 Å². The Kier molecular flexibility index (Phi) is 7.48. The third-order valence-electron chi connectivity index (χ3n) is 4.81. The highest BCUT2D eigenvalue weighted by Crippen LogP contribution is 2.34. The molecule has 1 aliphatic heterocycles. The number of halogens is 4. The standard InChI is InChI=1S/C24H14Br2FIN2O4/c25-15-3-1-13(2-4-15)12-34-21-19(26)10-14(11-20(21)28)9-18-22(31)29-24(33)30(23(18)32)17-7-5-16(27)6-8-17/h1-11H,12H2,(H,29,31,33)/b18-9+. The first-order valence-corrected chi connectivity index (χ1v) is 12.4. The zero-order chi connectivity index (χ0) is 24.4. The SMILES string of the molecule is O=C1NC(=O)N(c2ccc(F)cc2)C(=O)/C1=C/c1cc(Br)c(OCc2ccc(Br)cc2)c(I)c1. The van der Waals surface area contributed by atoms with Crippen molar-refractivity contribution in [1.29, 1.82) is 0 Å². The molecule has 10 heteroatoms. The third kappa shape index (κ3) is 5.39. The van der Waals surface area contributed by atoms with E-state index in [1.54, 1.807) is 12.1 Å². The van der Waals surface area contributed by atoms with E-state index in [0.717, 1.165) is 30.6 Å². The van der Waals surface area contributed by atoms with Crippen molar-refractivity contribution < 1.29 is 23.5 Å². The fourth-order valence-electron chi connectivity index (χ4n) is 3.19. The average Bonchev–Trinajstić information content (AvgIpc) is 2.78. The molecular formula is C24H14Br2FIN2O4. The van der Waals surface area contributed by atoms with Crippen LogP contribution in [0.4, 0.5) is 14.9 Å². The number of amides is 4. The highest BCUT2D eigenvalue weighted by Gasteiger charge is 2.36. The molecule has 1 fully saturated rings. The summed E-state index contributed by atoms with van der Waals surface area (Å²) in [6.45, 7) is 0.359. The lowest BCUT2D eigenvalue weighted by atomic mass is 10.1. The Morgan fingerprint density at radius 2 is 1.68 bits per heavy atom. The monoisotopic (exact) mass is 698 g/mol. The van der Waals surface area contributed by atoms with Gasteiger partial charge in [-0.05, 0) is 104 Å². The summed E-state index contributed by atoms with van der Waals surface area (Å²) in [7, 11) is 0. The molecule has 1 heterocycles. The summed E-state index contributed by atoms with van der Waals surface area (Å²) in [6, 6.07) is 15.2. The fraction of sp³-hybridized carbons (Fsp3) is 0.0417. The minimum Gasteiger partial charge on any atom is -0.487 e. The van der Waals surface area contributed by atoms with Gasteiger partial charge in [-0.2, -0.15) is 0 Å². The van der Waals surface area contributed by atoms with Crippen LogP contribution in [-0.4, -0.2) is 17.8 Å². The number of anilines is 1. The summed E-state index contributed by atoms with van der Waals surface area (Å²) < 4.78 is 21.6. The molecule has 6 nitrogen and oxygen atoms in total. The number of urea groups is 1. The quantitative estimate of drug-likeness (QED) is 0.196. The van der Waals surface area contributed by atoms with E-state index in [1.165, 1.54) is 18.2 Å². The van der Waals surface area contributed by atoms with Gasteiger partial charge in [0, 0.05) is 4.47 Å². The predicted octanol–water partition coefficient (Wildman–Crippen LogP) is 6.20. The van der Waals surface area contributed by atoms with Crippen molar-refractivity contribution in [1.82, 2.24) is 5.32 Å². The number of benzene rings is 3. The van der Waals surface area contributed by atoms with Gasteiger partial charge in [0.1, 0.15) is 23.7 Å². The lowest BCUT2D eigenvalue weighted by Crippen LogP contribution is -2.54. The van der Waals surface area contributed by atoms with Crippen molar-refractivity contribution in [3.63, 3.8) is 0 Å². The number of nitrogens with zero attached hydrogens (tertiary/aromatic N) is 1. The minimum absolute atomic E-state index is 0.148. The van der Waals surface area contributed by atoms with Gasteiger partial charge in [0.2, 0.25) is 0 Å². The van der Waals surface area contributed by atoms with Crippen LogP contribution in [0.1, 0.15) is 11.1 Å². The molecule has 1 aliphatic rings. The van der Waals surface area contributed by atoms with Gasteiger partial charge in [-0.3, -0.25) is 14.9 Å². The number of carbonyl (C=O) groups excluding carboxylic acids is 3. The van der Waals surface area contributed by atoms with Gasteiger partial charge in [0.15, 0.2) is 0 Å². The summed E-state index contributed by atoms with van der Waals surface area (Å²) in [5, 5.41) is 2.15. The van der Waals surface area contributed by atoms with Crippen LogP contribution in [0.25, 0.3) is 6.08 Å². The highest BCUT2D eigenvalue weighted by molar-refractivity contribution is 14.1. The first-order chi connectivity index (χ1) is 16.2. The molecule has 4 amide bonds. The van der Waals surface area contributed by atoms with Crippen LogP contribution in [0, 0.1) is 9.39 Å². The molecule has 172 valence electrons. The number of hydrogen-bond donors (Lipinski definition) is 1. The first kappa shape index (κ1) is 24.6. The van der Waals surface area contributed by atoms with E-state index in [-0.39, 0.29) is 11.3 Å². The van der Waals surface area contributed by atoms with Crippen molar-refractivity contribution >= 4 is 84.1 Å². The summed E-state index contributed by atoms with van der Waals surface area (Å²) in [6.07, 6.45) is 1.39. The van der Waals surface area contributed by atoms with E-state index in [2.05, 4.69) is 59.8 Å². The lowest BCUT2D eigenvalue weighted by molar-refractivity contribution is -0.122. The molecule has 3 aromatic rings. The van der Waals surface area contributed by atoms with Crippen molar-refractivity contribution in [3.8, 4) is 5.75 Å². The van der Waals surface area contributed by atoms with Gasteiger partial charge in [-0.25, -0.2) is 14.1 Å². The van der Waals surface area contributed by atoms with Crippen molar-refractivity contribution in [3.05, 3.63) is 95.7 Å². The molecule has 0 aromatic heterocycles. The third-order valence-corrected chi connectivity index (χ3v) is 6.73. The molecule has 34 heavy (non-hydrogen) atoms. The largest absolute Gasteiger partial charge is 0.487 e. The van der Waals surface area contributed by atoms with Gasteiger partial charge in [-0.15, -0.1) is 0 Å². The zero-order valence-corrected chi connectivity index (χ0v) is 22.5. The maximum Gasteiger partial charge on any atom is 0.335 e. The topological polar surface area (TPSA) is 75.7 Å². The van der Waals surface area contributed by atoms with Crippen LogP contribution in [0.15, 0.2) is 75.2 Å². The zero-order valence-electron chi connectivity index (χ0n) is 17.2. The van der Waals surface area contributed by atoms with Gasteiger partial charge in [0.05, 0.1) is 13.7 Å². The van der Waals surface area contributed by atoms with Crippen LogP contribution < -0.4 is 15.0 Å². The Morgan fingerprint density at radius 1 is 1.00 bits per heavy atom. The van der Waals surface area contributed by atoms with Crippen LogP contribution in [0.2, 0.25) is 0 Å². The Hall–Kier alpha value is -2.57. The molecule has 4 rings (SSSR count). The van der Waals surface area contributed by atoms with Crippen LogP contribution in [-0.2, 0) is 16.2 Å². The van der Waals surface area contributed by atoms with E-state index < -0.39 is 23.7 Å². The highest BCUT2D eigenvalue weighted by atomic mass is 127. The Labute approximate surface area is 224 Å². The number of hydrogen-bond acceptors (Lipinski definition) is 4. The second-order valence-corrected chi connectivity index (χ2v) is 10.1. The van der Waals surface area contributed by atoms with Gasteiger partial charge in [-0.1, -0.05) is 28.1 Å². The predicted molar refractivity (Wildman–Crippen MR) is 141 cm³/mol.